The minimum atomic E-state index is -0.176. The van der Waals surface area contributed by atoms with Crippen molar-refractivity contribution < 1.29 is 13.9 Å². The fraction of sp³-hybridized carbons (Fsp3) is 0.700. The van der Waals surface area contributed by atoms with Gasteiger partial charge in [0.05, 0.1) is 19.0 Å². The maximum absolute atomic E-state index is 12.0. The van der Waals surface area contributed by atoms with Crippen molar-refractivity contribution in [2.45, 2.75) is 33.3 Å². The normalized spacial score (nSPS) is 17.7. The van der Waals surface area contributed by atoms with Gasteiger partial charge < -0.3 is 25.1 Å². The minimum Gasteiger partial charge on any atom is -0.459 e. The van der Waals surface area contributed by atoms with Gasteiger partial charge in [0.15, 0.2) is 11.7 Å². The van der Waals surface area contributed by atoms with Gasteiger partial charge in [-0.3, -0.25) is 14.7 Å². The van der Waals surface area contributed by atoms with Crippen LogP contribution in [0.25, 0.3) is 0 Å². The lowest BCUT2D eigenvalue weighted by Gasteiger charge is -2.34. The molecule has 0 radical (unpaired) electrons. The first-order chi connectivity index (χ1) is 13.5. The van der Waals surface area contributed by atoms with Crippen LogP contribution in [0.3, 0.4) is 0 Å². The van der Waals surface area contributed by atoms with Gasteiger partial charge in [0.25, 0.3) is 5.91 Å². The Labute approximate surface area is 191 Å². The van der Waals surface area contributed by atoms with E-state index < -0.39 is 0 Å². The van der Waals surface area contributed by atoms with E-state index in [-0.39, 0.29) is 36.0 Å². The van der Waals surface area contributed by atoms with Crippen LogP contribution in [0.4, 0.5) is 0 Å². The van der Waals surface area contributed by atoms with E-state index in [0.717, 1.165) is 50.7 Å². The molecule has 0 aromatic carbocycles. The largest absolute Gasteiger partial charge is 0.459 e. The van der Waals surface area contributed by atoms with Crippen molar-refractivity contribution in [2.24, 2.45) is 10.9 Å². The maximum Gasteiger partial charge on any atom is 0.287 e. The van der Waals surface area contributed by atoms with Gasteiger partial charge in [-0.25, -0.2) is 0 Å². The van der Waals surface area contributed by atoms with E-state index >= 15 is 0 Å². The first kappa shape index (κ1) is 25.7. The van der Waals surface area contributed by atoms with Gasteiger partial charge in [-0.2, -0.15) is 0 Å². The molecule has 9 heteroatoms. The predicted octanol–water partition coefficient (Wildman–Crippen LogP) is 1.85. The number of aryl methyl sites for hydroxylation is 1. The van der Waals surface area contributed by atoms with E-state index in [4.69, 9.17) is 9.15 Å². The van der Waals surface area contributed by atoms with E-state index in [1.54, 1.807) is 13.1 Å². The van der Waals surface area contributed by atoms with E-state index in [9.17, 15) is 4.79 Å². The molecule has 2 rings (SSSR count). The molecule has 1 aliphatic heterocycles. The average molecular weight is 521 g/mol. The van der Waals surface area contributed by atoms with Gasteiger partial charge in [-0.15, -0.1) is 24.0 Å². The molecule has 1 aliphatic rings. The summed E-state index contributed by atoms with van der Waals surface area (Å²) < 4.78 is 11.0. The van der Waals surface area contributed by atoms with E-state index in [1.165, 1.54) is 6.26 Å². The molecule has 1 unspecified atom stereocenters. The molecule has 1 fully saturated rings. The molecule has 3 N–H and O–H groups in total. The lowest BCUT2D eigenvalue weighted by Crippen LogP contribution is -2.50. The molecule has 1 amide bonds. The maximum atomic E-state index is 12.0. The zero-order valence-electron chi connectivity index (χ0n) is 18.0. The number of halogens is 1. The van der Waals surface area contributed by atoms with E-state index in [1.807, 2.05) is 6.92 Å². The number of guanidine groups is 1. The highest BCUT2D eigenvalue weighted by Gasteiger charge is 2.21. The predicted molar refractivity (Wildman–Crippen MR) is 126 cm³/mol. The Balaban J connectivity index is 0.00000420. The highest BCUT2D eigenvalue weighted by Crippen LogP contribution is 2.08. The Morgan fingerprint density at radius 3 is 2.72 bits per heavy atom. The highest BCUT2D eigenvalue weighted by atomic mass is 127. The van der Waals surface area contributed by atoms with Crippen molar-refractivity contribution in [1.29, 1.82) is 0 Å². The second kappa shape index (κ2) is 13.8. The number of nitrogens with one attached hydrogen (secondary N) is 3. The van der Waals surface area contributed by atoms with Crippen molar-refractivity contribution in [1.82, 2.24) is 20.9 Å². The van der Waals surface area contributed by atoms with E-state index in [2.05, 4.69) is 39.7 Å². The third kappa shape index (κ3) is 9.35. The number of carbonyl (C=O) groups is 1. The second-order valence-corrected chi connectivity index (χ2v) is 7.57. The smallest absolute Gasteiger partial charge is 0.287 e. The summed E-state index contributed by atoms with van der Waals surface area (Å²) in [4.78, 5) is 18.7. The zero-order chi connectivity index (χ0) is 20.4. The zero-order valence-corrected chi connectivity index (χ0v) is 20.3. The number of hydrogen-bond acceptors (Lipinski definition) is 5. The van der Waals surface area contributed by atoms with Crippen LogP contribution in [0.15, 0.2) is 21.7 Å². The summed E-state index contributed by atoms with van der Waals surface area (Å²) in [5, 5.41) is 9.46. The van der Waals surface area contributed by atoms with Crippen molar-refractivity contribution in [2.75, 3.05) is 52.9 Å². The summed E-state index contributed by atoms with van der Waals surface area (Å²) in [5.41, 5.74) is 0.845. The van der Waals surface area contributed by atoms with Gasteiger partial charge >= 0.3 is 0 Å². The summed E-state index contributed by atoms with van der Waals surface area (Å²) in [7, 11) is 1.75. The summed E-state index contributed by atoms with van der Waals surface area (Å²) in [5.74, 6) is 1.62. The fourth-order valence-corrected chi connectivity index (χ4v) is 3.20. The number of nitrogens with zero attached hydrogens (tertiary/aromatic N) is 2. The Morgan fingerprint density at radius 2 is 2.07 bits per heavy atom. The number of furan rings is 1. The first-order valence-corrected chi connectivity index (χ1v) is 10.1. The second-order valence-electron chi connectivity index (χ2n) is 7.57. The minimum absolute atomic E-state index is 0. The van der Waals surface area contributed by atoms with Crippen molar-refractivity contribution in [3.8, 4) is 0 Å². The molecule has 0 spiro atoms. The van der Waals surface area contributed by atoms with Gasteiger partial charge in [0.1, 0.15) is 0 Å². The van der Waals surface area contributed by atoms with Crippen LogP contribution in [-0.4, -0.2) is 75.8 Å². The van der Waals surface area contributed by atoms with Crippen molar-refractivity contribution in [3.63, 3.8) is 0 Å². The monoisotopic (exact) mass is 521 g/mol. The van der Waals surface area contributed by atoms with Crippen LogP contribution >= 0.6 is 24.0 Å². The Morgan fingerprint density at radius 1 is 1.31 bits per heavy atom. The van der Waals surface area contributed by atoms with Crippen LogP contribution in [0.5, 0.6) is 0 Å². The van der Waals surface area contributed by atoms with Crippen molar-refractivity contribution >= 4 is 35.8 Å². The number of aliphatic imine (C=N–C) groups is 1. The molecule has 1 atom stereocenters. The molecule has 29 heavy (non-hydrogen) atoms. The Kier molecular flexibility index (Phi) is 12.2. The van der Waals surface area contributed by atoms with Gasteiger partial charge in [0, 0.05) is 51.9 Å². The number of rotatable bonds is 9. The summed E-state index contributed by atoms with van der Waals surface area (Å²) >= 11 is 0. The van der Waals surface area contributed by atoms with Gasteiger partial charge in [-0.05, 0) is 25.3 Å². The molecular weight excluding hydrogens is 485 g/mol. The SMILES string of the molecule is CN=C(NCCCNC(=O)c1occc1C)NCC1CN(CC(C)C)CCO1.I. The average Bonchev–Trinajstić information content (AvgIpc) is 3.09. The van der Waals surface area contributed by atoms with E-state index in [0.29, 0.717) is 24.8 Å². The molecule has 1 aromatic heterocycles. The molecule has 0 saturated carbocycles. The molecule has 2 heterocycles. The van der Waals surface area contributed by atoms with Crippen molar-refractivity contribution in [3.05, 3.63) is 23.7 Å². The summed E-state index contributed by atoms with van der Waals surface area (Å²) in [6.45, 7) is 12.2. The van der Waals surface area contributed by atoms with Crippen LogP contribution in [0.2, 0.25) is 0 Å². The molecule has 166 valence electrons. The van der Waals surface area contributed by atoms with Crippen LogP contribution in [-0.2, 0) is 4.74 Å². The Hall–Kier alpha value is -1.33. The van der Waals surface area contributed by atoms with Crippen LogP contribution in [0.1, 0.15) is 36.4 Å². The molecule has 0 aliphatic carbocycles. The number of amides is 1. The van der Waals surface area contributed by atoms with Crippen LogP contribution in [0, 0.1) is 12.8 Å². The summed E-state index contributed by atoms with van der Waals surface area (Å²) in [6.07, 6.45) is 2.48. The number of carbonyl (C=O) groups excluding carboxylic acids is 1. The standard InChI is InChI=1S/C20H35N5O3.HI/c1-15(2)13-25-9-11-27-17(14-25)12-24-20(21-4)23-8-5-7-22-19(26)18-16(3)6-10-28-18;/h6,10,15,17H,5,7-9,11-14H2,1-4H3,(H,22,26)(H2,21,23,24);1H. The Bertz CT molecular complexity index is 635. The summed E-state index contributed by atoms with van der Waals surface area (Å²) in [6, 6.07) is 1.78. The first-order valence-electron chi connectivity index (χ1n) is 10.1. The third-order valence-corrected chi connectivity index (χ3v) is 4.57. The number of ether oxygens (including phenoxy) is 1. The molecule has 0 bridgehead atoms. The quantitative estimate of drug-likeness (QED) is 0.199. The highest BCUT2D eigenvalue weighted by molar-refractivity contribution is 14.0. The number of hydrogen-bond donors (Lipinski definition) is 3. The topological polar surface area (TPSA) is 91.1 Å². The molecule has 1 aromatic rings. The van der Waals surface area contributed by atoms with Gasteiger partial charge in [0.2, 0.25) is 0 Å². The molecule has 1 saturated heterocycles. The van der Waals surface area contributed by atoms with Crippen LogP contribution < -0.4 is 16.0 Å². The fourth-order valence-electron chi connectivity index (χ4n) is 3.20. The molecule has 8 nitrogen and oxygen atoms in total. The van der Waals surface area contributed by atoms with Gasteiger partial charge in [-0.1, -0.05) is 13.8 Å². The molecular formula is C20H36IN5O3. The number of morpholine rings is 1. The third-order valence-electron chi connectivity index (χ3n) is 4.57. The lowest BCUT2D eigenvalue weighted by atomic mass is 10.2. The lowest BCUT2D eigenvalue weighted by molar-refractivity contribution is -0.0284.